The Morgan fingerprint density at radius 3 is 2.45 bits per heavy atom. The van der Waals surface area contributed by atoms with Crippen LogP contribution in [-0.2, 0) is 4.79 Å². The largest absolute Gasteiger partial charge is 0.352 e. The van der Waals surface area contributed by atoms with Gasteiger partial charge in [-0.05, 0) is 33.7 Å². The third kappa shape index (κ3) is 1.71. The molecule has 1 saturated heterocycles. The Labute approximate surface area is 67.5 Å². The fraction of sp³-hybridized carbons (Fsp3) is 0.875. The van der Waals surface area contributed by atoms with E-state index in [9.17, 15) is 4.79 Å². The van der Waals surface area contributed by atoms with Crippen LogP contribution in [0.25, 0.3) is 0 Å². The highest BCUT2D eigenvalue weighted by atomic mass is 16.2. The zero-order valence-electron chi connectivity index (χ0n) is 7.40. The lowest BCUT2D eigenvalue weighted by Crippen LogP contribution is -2.64. The normalized spacial score (nSPS) is 29.8. The van der Waals surface area contributed by atoms with Crippen molar-refractivity contribution in [2.45, 2.75) is 38.8 Å². The molecule has 1 amide bonds. The molecular formula is C8H16N2O. The first-order valence-electron chi connectivity index (χ1n) is 4.10. The van der Waals surface area contributed by atoms with E-state index < -0.39 is 0 Å². The molecule has 3 heteroatoms. The summed E-state index contributed by atoms with van der Waals surface area (Å²) in [6.45, 7) is 6.84. The first-order valence-corrected chi connectivity index (χ1v) is 4.10. The van der Waals surface area contributed by atoms with E-state index >= 15 is 0 Å². The second kappa shape index (κ2) is 2.81. The number of amides is 1. The van der Waals surface area contributed by atoms with E-state index in [2.05, 4.69) is 10.6 Å². The lowest BCUT2D eigenvalue weighted by molar-refractivity contribution is -0.130. The van der Waals surface area contributed by atoms with E-state index in [-0.39, 0.29) is 17.5 Å². The van der Waals surface area contributed by atoms with Crippen molar-refractivity contribution < 1.29 is 4.79 Å². The highest BCUT2D eigenvalue weighted by Gasteiger charge is 2.38. The Hall–Kier alpha value is -0.570. The van der Waals surface area contributed by atoms with Crippen molar-refractivity contribution in [2.24, 2.45) is 0 Å². The molecule has 0 aromatic rings. The molecular weight excluding hydrogens is 140 g/mol. The monoisotopic (exact) mass is 156 g/mol. The van der Waals surface area contributed by atoms with E-state index in [4.69, 9.17) is 0 Å². The first kappa shape index (κ1) is 8.53. The summed E-state index contributed by atoms with van der Waals surface area (Å²) in [6.07, 6.45) is 0.950. The molecule has 64 valence electrons. The fourth-order valence-electron chi connectivity index (χ4n) is 1.12. The number of hydrogen-bond acceptors (Lipinski definition) is 2. The molecule has 1 fully saturated rings. The molecule has 3 nitrogen and oxygen atoms in total. The van der Waals surface area contributed by atoms with E-state index in [1.54, 1.807) is 0 Å². The number of nitrogens with one attached hydrogen (secondary N) is 2. The zero-order chi connectivity index (χ0) is 8.48. The summed E-state index contributed by atoms with van der Waals surface area (Å²) < 4.78 is 0. The van der Waals surface area contributed by atoms with Crippen LogP contribution in [0.4, 0.5) is 0 Å². The van der Waals surface area contributed by atoms with Crippen LogP contribution >= 0.6 is 0 Å². The van der Waals surface area contributed by atoms with Crippen molar-refractivity contribution in [3.63, 3.8) is 0 Å². The maximum atomic E-state index is 11.4. The molecule has 1 aliphatic rings. The average Bonchev–Trinajstić information content (AvgIpc) is 1.81. The topological polar surface area (TPSA) is 41.1 Å². The molecule has 0 aliphatic carbocycles. The summed E-state index contributed by atoms with van der Waals surface area (Å²) in [5.74, 6) is 0.124. The predicted octanol–water partition coefficient (Wildman–Crippen LogP) is 0.263. The SMILES string of the molecule is CC(C)NC(=O)C1(C)CCN1. The standard InChI is InChI=1S/C8H16N2O/c1-6(2)10-7(11)8(3)4-5-9-8/h6,9H,4-5H2,1-3H3,(H,10,11). The van der Waals surface area contributed by atoms with Gasteiger partial charge in [0.25, 0.3) is 0 Å². The van der Waals surface area contributed by atoms with Gasteiger partial charge in [0, 0.05) is 6.04 Å². The van der Waals surface area contributed by atoms with Crippen LogP contribution < -0.4 is 10.6 Å². The molecule has 11 heavy (non-hydrogen) atoms. The molecule has 2 N–H and O–H groups in total. The van der Waals surface area contributed by atoms with E-state index in [1.165, 1.54) is 0 Å². The minimum absolute atomic E-state index is 0.124. The van der Waals surface area contributed by atoms with Crippen LogP contribution in [0.1, 0.15) is 27.2 Å². The van der Waals surface area contributed by atoms with E-state index in [1.807, 2.05) is 20.8 Å². The van der Waals surface area contributed by atoms with Crippen molar-refractivity contribution in [3.8, 4) is 0 Å². The molecule has 0 bridgehead atoms. The molecule has 0 aromatic heterocycles. The Balaban J connectivity index is 2.40. The summed E-state index contributed by atoms with van der Waals surface area (Å²) in [5.41, 5.74) is -0.287. The van der Waals surface area contributed by atoms with Crippen LogP contribution in [0, 0.1) is 0 Å². The van der Waals surface area contributed by atoms with Crippen LogP contribution in [0.5, 0.6) is 0 Å². The van der Waals surface area contributed by atoms with Gasteiger partial charge in [-0.25, -0.2) is 0 Å². The Morgan fingerprint density at radius 1 is 1.64 bits per heavy atom. The highest BCUT2D eigenvalue weighted by Crippen LogP contribution is 2.17. The third-order valence-corrected chi connectivity index (χ3v) is 2.06. The van der Waals surface area contributed by atoms with Gasteiger partial charge in [-0.15, -0.1) is 0 Å². The fourth-order valence-corrected chi connectivity index (χ4v) is 1.12. The van der Waals surface area contributed by atoms with Crippen molar-refractivity contribution in [3.05, 3.63) is 0 Å². The molecule has 0 saturated carbocycles. The summed E-state index contributed by atoms with van der Waals surface area (Å²) in [5, 5.41) is 6.00. The van der Waals surface area contributed by atoms with Crippen LogP contribution in [0.3, 0.4) is 0 Å². The second-order valence-electron chi connectivity index (χ2n) is 3.64. The molecule has 1 atom stereocenters. The molecule has 0 spiro atoms. The third-order valence-electron chi connectivity index (χ3n) is 2.06. The maximum Gasteiger partial charge on any atom is 0.240 e. The number of carbonyl (C=O) groups is 1. The second-order valence-corrected chi connectivity index (χ2v) is 3.64. The number of carbonyl (C=O) groups excluding carboxylic acids is 1. The van der Waals surface area contributed by atoms with Gasteiger partial charge in [0.05, 0.1) is 5.54 Å². The van der Waals surface area contributed by atoms with Crippen molar-refractivity contribution in [1.82, 2.24) is 10.6 Å². The minimum atomic E-state index is -0.287. The van der Waals surface area contributed by atoms with Gasteiger partial charge < -0.3 is 10.6 Å². The van der Waals surface area contributed by atoms with Gasteiger partial charge >= 0.3 is 0 Å². The summed E-state index contributed by atoms with van der Waals surface area (Å²) in [6, 6.07) is 0.238. The van der Waals surface area contributed by atoms with Gasteiger partial charge in [-0.1, -0.05) is 0 Å². The van der Waals surface area contributed by atoms with Crippen LogP contribution in [0.15, 0.2) is 0 Å². The number of rotatable bonds is 2. The van der Waals surface area contributed by atoms with E-state index in [0.29, 0.717) is 0 Å². The molecule has 0 aromatic carbocycles. The maximum absolute atomic E-state index is 11.4. The predicted molar refractivity (Wildman–Crippen MR) is 44.3 cm³/mol. The molecule has 1 heterocycles. The summed E-state index contributed by atoms with van der Waals surface area (Å²) >= 11 is 0. The Kier molecular flexibility index (Phi) is 2.18. The highest BCUT2D eigenvalue weighted by molar-refractivity contribution is 5.87. The number of hydrogen-bond donors (Lipinski definition) is 2. The molecule has 1 unspecified atom stereocenters. The van der Waals surface area contributed by atoms with Crippen molar-refractivity contribution in [1.29, 1.82) is 0 Å². The quantitative estimate of drug-likeness (QED) is 0.602. The molecule has 1 rings (SSSR count). The van der Waals surface area contributed by atoms with E-state index in [0.717, 1.165) is 13.0 Å². The van der Waals surface area contributed by atoms with Gasteiger partial charge in [0.15, 0.2) is 0 Å². The first-order chi connectivity index (χ1) is 5.04. The van der Waals surface area contributed by atoms with Gasteiger partial charge in [0.1, 0.15) is 0 Å². The van der Waals surface area contributed by atoms with Crippen molar-refractivity contribution >= 4 is 5.91 Å². The summed E-state index contributed by atoms with van der Waals surface area (Å²) in [7, 11) is 0. The molecule has 0 radical (unpaired) electrons. The molecule has 1 aliphatic heterocycles. The Bertz CT molecular complexity index is 161. The van der Waals surface area contributed by atoms with Crippen LogP contribution in [-0.4, -0.2) is 24.0 Å². The lowest BCUT2D eigenvalue weighted by atomic mass is 9.89. The minimum Gasteiger partial charge on any atom is -0.352 e. The van der Waals surface area contributed by atoms with Gasteiger partial charge in [0.2, 0.25) is 5.91 Å². The van der Waals surface area contributed by atoms with Crippen molar-refractivity contribution in [2.75, 3.05) is 6.54 Å². The zero-order valence-corrected chi connectivity index (χ0v) is 7.40. The average molecular weight is 156 g/mol. The van der Waals surface area contributed by atoms with Gasteiger partial charge in [-0.3, -0.25) is 4.79 Å². The lowest BCUT2D eigenvalue weighted by Gasteiger charge is -2.38. The Morgan fingerprint density at radius 2 is 2.18 bits per heavy atom. The summed E-state index contributed by atoms with van der Waals surface area (Å²) in [4.78, 5) is 11.4. The van der Waals surface area contributed by atoms with Gasteiger partial charge in [-0.2, -0.15) is 0 Å². The van der Waals surface area contributed by atoms with Crippen LogP contribution in [0.2, 0.25) is 0 Å². The smallest absolute Gasteiger partial charge is 0.240 e.